The lowest BCUT2D eigenvalue weighted by Gasteiger charge is -2.11. The Morgan fingerprint density at radius 1 is 1.04 bits per heavy atom. The van der Waals surface area contributed by atoms with Crippen molar-refractivity contribution in [3.8, 4) is 11.1 Å². The summed E-state index contributed by atoms with van der Waals surface area (Å²) in [7, 11) is 0. The topological polar surface area (TPSA) is 134 Å². The molecule has 0 fully saturated rings. The number of nitrogens with zero attached hydrogens (tertiary/aromatic N) is 1. The zero-order chi connectivity index (χ0) is 18.4. The second-order valence-corrected chi connectivity index (χ2v) is 5.16. The second-order valence-electron chi connectivity index (χ2n) is 5.16. The smallest absolute Gasteiger partial charge is 0.335 e. The average Bonchev–Trinajstić information content (AvgIpc) is 2.60. The molecule has 3 N–H and O–H groups in total. The van der Waals surface area contributed by atoms with Crippen LogP contribution in [0.1, 0.15) is 27.1 Å². The number of benzene rings is 1. The van der Waals surface area contributed by atoms with Crippen molar-refractivity contribution in [2.75, 3.05) is 0 Å². The first-order valence-electron chi connectivity index (χ1n) is 7.17. The van der Waals surface area contributed by atoms with Crippen LogP contribution in [0.3, 0.4) is 0 Å². The molecule has 0 saturated carbocycles. The summed E-state index contributed by atoms with van der Waals surface area (Å²) in [5.74, 6) is -2.88. The van der Waals surface area contributed by atoms with Gasteiger partial charge in [0.25, 0.3) is 5.91 Å². The van der Waals surface area contributed by atoms with E-state index >= 15 is 0 Å². The van der Waals surface area contributed by atoms with Crippen LogP contribution in [0.5, 0.6) is 0 Å². The zero-order valence-electron chi connectivity index (χ0n) is 12.9. The van der Waals surface area contributed by atoms with Crippen LogP contribution >= 0.6 is 0 Å². The molecule has 1 unspecified atom stereocenters. The fourth-order valence-corrected chi connectivity index (χ4v) is 2.10. The molecular formula is C17H14N2O6. The molecule has 128 valence electrons. The van der Waals surface area contributed by atoms with Crippen LogP contribution in [0.4, 0.5) is 0 Å². The predicted molar refractivity (Wildman–Crippen MR) is 86.2 cm³/mol. The van der Waals surface area contributed by atoms with Crippen molar-refractivity contribution in [2.45, 2.75) is 12.5 Å². The number of hydrogen-bond acceptors (Lipinski definition) is 5. The highest BCUT2D eigenvalue weighted by molar-refractivity contribution is 5.97. The number of pyridine rings is 1. The molecule has 8 nitrogen and oxygen atoms in total. The van der Waals surface area contributed by atoms with E-state index in [4.69, 9.17) is 10.2 Å². The number of rotatable bonds is 7. The Labute approximate surface area is 142 Å². The lowest BCUT2D eigenvalue weighted by atomic mass is 10.0. The molecule has 0 aliphatic rings. The third-order valence-electron chi connectivity index (χ3n) is 3.34. The highest BCUT2D eigenvalue weighted by atomic mass is 16.4. The molecule has 8 heteroatoms. The molecule has 0 saturated heterocycles. The van der Waals surface area contributed by atoms with E-state index in [0.717, 1.165) is 0 Å². The van der Waals surface area contributed by atoms with E-state index in [1.165, 1.54) is 30.6 Å². The number of aromatic nitrogens is 1. The predicted octanol–water partition coefficient (Wildman–Crippen LogP) is 1.22. The van der Waals surface area contributed by atoms with Crippen LogP contribution in [-0.2, 0) is 9.59 Å². The summed E-state index contributed by atoms with van der Waals surface area (Å²) in [5, 5.41) is 19.9. The Morgan fingerprint density at radius 3 is 2.28 bits per heavy atom. The quantitative estimate of drug-likeness (QED) is 0.644. The molecule has 1 amide bonds. The summed E-state index contributed by atoms with van der Waals surface area (Å²) >= 11 is 0. The highest BCUT2D eigenvalue weighted by Gasteiger charge is 2.17. The average molecular weight is 342 g/mol. The van der Waals surface area contributed by atoms with E-state index < -0.39 is 30.3 Å². The largest absolute Gasteiger partial charge is 0.481 e. The van der Waals surface area contributed by atoms with Crippen LogP contribution in [0.2, 0.25) is 0 Å². The maximum atomic E-state index is 12.1. The summed E-state index contributed by atoms with van der Waals surface area (Å²) in [6.07, 6.45) is 2.63. The maximum absolute atomic E-state index is 12.1. The first kappa shape index (κ1) is 17.8. The molecule has 0 spiro atoms. The van der Waals surface area contributed by atoms with Crippen molar-refractivity contribution in [2.24, 2.45) is 0 Å². The molecule has 1 aromatic carbocycles. The molecule has 0 bridgehead atoms. The third-order valence-corrected chi connectivity index (χ3v) is 3.34. The number of carbonyl (C=O) groups excluding carboxylic acids is 2. The molecule has 25 heavy (non-hydrogen) atoms. The molecule has 0 radical (unpaired) electrons. The Morgan fingerprint density at radius 2 is 1.72 bits per heavy atom. The lowest BCUT2D eigenvalue weighted by Crippen LogP contribution is -2.37. The van der Waals surface area contributed by atoms with Crippen LogP contribution in [0.25, 0.3) is 11.1 Å². The number of aliphatic carboxylic acids is 1. The van der Waals surface area contributed by atoms with Gasteiger partial charge in [0.2, 0.25) is 0 Å². The fourth-order valence-electron chi connectivity index (χ4n) is 2.10. The first-order chi connectivity index (χ1) is 11.9. The minimum atomic E-state index is -1.21. The van der Waals surface area contributed by atoms with Gasteiger partial charge in [0, 0.05) is 18.0 Å². The van der Waals surface area contributed by atoms with Gasteiger partial charge in [-0.15, -0.1) is 0 Å². The fraction of sp³-hybridized carbons (Fsp3) is 0.118. The Balaban J connectivity index is 2.20. The van der Waals surface area contributed by atoms with E-state index in [1.807, 2.05) is 0 Å². The summed E-state index contributed by atoms with van der Waals surface area (Å²) in [6.45, 7) is 0. The van der Waals surface area contributed by atoms with Crippen molar-refractivity contribution in [3.63, 3.8) is 0 Å². The standard InChI is InChI=1S/C17H14N2O6/c20-9-14(6-15(21)22)19-16(23)13-5-12(7-18-8-13)10-1-3-11(4-2-10)17(24)25/h1-5,7-9,14H,6H2,(H,19,23)(H,21,22)(H,24,25). The molecule has 1 atom stereocenters. The van der Waals surface area contributed by atoms with Gasteiger partial charge >= 0.3 is 11.9 Å². The summed E-state index contributed by atoms with van der Waals surface area (Å²) < 4.78 is 0. The van der Waals surface area contributed by atoms with Gasteiger partial charge in [-0.2, -0.15) is 0 Å². The number of nitrogens with one attached hydrogen (secondary N) is 1. The van der Waals surface area contributed by atoms with E-state index in [1.54, 1.807) is 12.1 Å². The number of aromatic carboxylic acids is 1. The van der Waals surface area contributed by atoms with Gasteiger partial charge in [-0.05, 0) is 23.8 Å². The number of carbonyl (C=O) groups is 4. The van der Waals surface area contributed by atoms with Crippen molar-refractivity contribution >= 4 is 24.1 Å². The SMILES string of the molecule is O=CC(CC(=O)O)NC(=O)c1cncc(-c2ccc(C(=O)O)cc2)c1. The molecule has 1 aromatic heterocycles. The van der Waals surface area contributed by atoms with Gasteiger partial charge < -0.3 is 20.3 Å². The highest BCUT2D eigenvalue weighted by Crippen LogP contribution is 2.20. The van der Waals surface area contributed by atoms with Crippen molar-refractivity contribution < 1.29 is 29.4 Å². The maximum Gasteiger partial charge on any atom is 0.335 e. The van der Waals surface area contributed by atoms with Gasteiger partial charge in [0.05, 0.1) is 23.6 Å². The molecule has 0 aliphatic heterocycles. The zero-order valence-corrected chi connectivity index (χ0v) is 12.9. The monoisotopic (exact) mass is 342 g/mol. The summed E-state index contributed by atoms with van der Waals surface area (Å²) in [6, 6.07) is 6.41. The van der Waals surface area contributed by atoms with E-state index in [0.29, 0.717) is 17.4 Å². The van der Waals surface area contributed by atoms with Crippen LogP contribution < -0.4 is 5.32 Å². The molecular weight excluding hydrogens is 328 g/mol. The van der Waals surface area contributed by atoms with Gasteiger partial charge in [-0.3, -0.25) is 14.6 Å². The van der Waals surface area contributed by atoms with Gasteiger partial charge in [0.15, 0.2) is 0 Å². The normalized spacial score (nSPS) is 11.4. The Hall–Kier alpha value is -3.55. The minimum absolute atomic E-state index is 0.133. The van der Waals surface area contributed by atoms with Gasteiger partial charge in [-0.25, -0.2) is 4.79 Å². The summed E-state index contributed by atoms with van der Waals surface area (Å²) in [4.78, 5) is 48.4. The molecule has 0 aliphatic carbocycles. The number of amides is 1. The van der Waals surface area contributed by atoms with Crippen molar-refractivity contribution in [1.29, 1.82) is 0 Å². The van der Waals surface area contributed by atoms with Gasteiger partial charge in [0.1, 0.15) is 6.29 Å². The second kappa shape index (κ2) is 7.82. The van der Waals surface area contributed by atoms with E-state index in [-0.39, 0.29) is 11.1 Å². The Bertz CT molecular complexity index is 816. The van der Waals surface area contributed by atoms with Crippen LogP contribution in [0.15, 0.2) is 42.7 Å². The third kappa shape index (κ3) is 4.71. The van der Waals surface area contributed by atoms with E-state index in [9.17, 15) is 19.2 Å². The number of carboxylic acid groups (broad SMARTS) is 2. The van der Waals surface area contributed by atoms with Crippen molar-refractivity contribution in [1.82, 2.24) is 10.3 Å². The molecule has 1 heterocycles. The van der Waals surface area contributed by atoms with Gasteiger partial charge in [-0.1, -0.05) is 12.1 Å². The molecule has 2 rings (SSSR count). The minimum Gasteiger partial charge on any atom is -0.481 e. The lowest BCUT2D eigenvalue weighted by molar-refractivity contribution is -0.138. The first-order valence-corrected chi connectivity index (χ1v) is 7.17. The Kier molecular flexibility index (Phi) is 5.57. The number of hydrogen-bond donors (Lipinski definition) is 3. The summed E-state index contributed by atoms with van der Waals surface area (Å²) in [5.41, 5.74) is 1.51. The van der Waals surface area contributed by atoms with E-state index in [2.05, 4.69) is 10.3 Å². The van der Waals surface area contributed by atoms with Crippen molar-refractivity contribution in [3.05, 3.63) is 53.9 Å². The number of carboxylic acids is 2. The molecule has 2 aromatic rings. The number of aldehydes is 1. The van der Waals surface area contributed by atoms with Crippen LogP contribution in [0, 0.1) is 0 Å². The van der Waals surface area contributed by atoms with Crippen LogP contribution in [-0.4, -0.2) is 45.4 Å².